The predicted octanol–water partition coefficient (Wildman–Crippen LogP) is 1.01. The Morgan fingerprint density at radius 3 is 3.00 bits per heavy atom. The van der Waals surface area contributed by atoms with Gasteiger partial charge in [0.1, 0.15) is 5.52 Å². The number of ether oxygens (including phenoxy) is 1. The molecule has 3 heterocycles. The molecule has 0 amide bonds. The number of morpholine rings is 1. The van der Waals surface area contributed by atoms with Crippen molar-refractivity contribution in [2.75, 3.05) is 43.1 Å². The maximum atomic E-state index is 5.38. The van der Waals surface area contributed by atoms with Gasteiger partial charge in [0.15, 0.2) is 11.5 Å². The molecule has 1 aliphatic heterocycles. The highest BCUT2D eigenvalue weighted by atomic mass is 16.5. The van der Waals surface area contributed by atoms with Crippen molar-refractivity contribution in [3.05, 3.63) is 6.33 Å². The van der Waals surface area contributed by atoms with E-state index >= 15 is 0 Å². The summed E-state index contributed by atoms with van der Waals surface area (Å²) in [6, 6.07) is 0. The number of anilines is 2. The second kappa shape index (κ2) is 5.40. The van der Waals surface area contributed by atoms with E-state index in [0.29, 0.717) is 11.6 Å². The van der Waals surface area contributed by atoms with E-state index in [4.69, 9.17) is 4.74 Å². The van der Waals surface area contributed by atoms with Gasteiger partial charge in [0.25, 0.3) is 0 Å². The highest BCUT2D eigenvalue weighted by Crippen LogP contribution is 2.23. The SMILES string of the molecule is CCCNc1nc(N2CCOCC2)c2[nH]cnc2n1. The van der Waals surface area contributed by atoms with Crippen LogP contribution in [0.5, 0.6) is 0 Å². The van der Waals surface area contributed by atoms with Crippen molar-refractivity contribution in [1.29, 1.82) is 0 Å². The first-order valence-electron chi connectivity index (χ1n) is 6.66. The average molecular weight is 262 g/mol. The summed E-state index contributed by atoms with van der Waals surface area (Å²) in [6.07, 6.45) is 2.70. The lowest BCUT2D eigenvalue weighted by molar-refractivity contribution is 0.122. The van der Waals surface area contributed by atoms with Crippen LogP contribution in [0.25, 0.3) is 11.2 Å². The molecule has 102 valence electrons. The zero-order chi connectivity index (χ0) is 13.1. The Morgan fingerprint density at radius 2 is 2.21 bits per heavy atom. The molecular weight excluding hydrogens is 244 g/mol. The van der Waals surface area contributed by atoms with Gasteiger partial charge in [-0.25, -0.2) is 4.98 Å². The minimum atomic E-state index is 0.642. The summed E-state index contributed by atoms with van der Waals surface area (Å²) in [5.74, 6) is 1.55. The molecule has 7 nitrogen and oxygen atoms in total. The standard InChI is InChI=1S/C12H18N6O/c1-2-3-13-12-16-10-9(14-8-15-10)11(17-12)18-4-6-19-7-5-18/h8H,2-7H2,1H3,(H2,13,14,15,16,17). The van der Waals surface area contributed by atoms with Crippen LogP contribution in [0.2, 0.25) is 0 Å². The first-order chi connectivity index (χ1) is 9.38. The van der Waals surface area contributed by atoms with E-state index in [1.54, 1.807) is 6.33 Å². The average Bonchev–Trinajstić information content (AvgIpc) is 2.93. The van der Waals surface area contributed by atoms with E-state index in [0.717, 1.165) is 50.6 Å². The largest absolute Gasteiger partial charge is 0.378 e. The van der Waals surface area contributed by atoms with Crippen LogP contribution in [0.15, 0.2) is 6.33 Å². The summed E-state index contributed by atoms with van der Waals surface area (Å²) in [7, 11) is 0. The molecular formula is C12H18N6O. The van der Waals surface area contributed by atoms with Gasteiger partial charge in [-0.3, -0.25) is 0 Å². The van der Waals surface area contributed by atoms with Crippen molar-refractivity contribution in [2.45, 2.75) is 13.3 Å². The maximum Gasteiger partial charge on any atom is 0.226 e. The zero-order valence-corrected chi connectivity index (χ0v) is 11.0. The summed E-state index contributed by atoms with van der Waals surface area (Å²) in [4.78, 5) is 18.6. The van der Waals surface area contributed by atoms with Crippen molar-refractivity contribution in [1.82, 2.24) is 19.9 Å². The molecule has 19 heavy (non-hydrogen) atoms. The molecule has 0 bridgehead atoms. The van der Waals surface area contributed by atoms with Gasteiger partial charge in [-0.2, -0.15) is 9.97 Å². The molecule has 0 saturated carbocycles. The van der Waals surface area contributed by atoms with Crippen LogP contribution in [-0.4, -0.2) is 52.8 Å². The molecule has 2 aromatic heterocycles. The van der Waals surface area contributed by atoms with Crippen molar-refractivity contribution in [3.8, 4) is 0 Å². The first-order valence-corrected chi connectivity index (χ1v) is 6.66. The number of nitrogens with one attached hydrogen (secondary N) is 2. The number of aromatic amines is 1. The number of hydrogen-bond acceptors (Lipinski definition) is 6. The van der Waals surface area contributed by atoms with E-state index in [1.807, 2.05) is 0 Å². The normalized spacial score (nSPS) is 15.9. The lowest BCUT2D eigenvalue weighted by Gasteiger charge is -2.28. The number of aromatic nitrogens is 4. The number of hydrogen-bond donors (Lipinski definition) is 2. The van der Waals surface area contributed by atoms with Crippen LogP contribution < -0.4 is 10.2 Å². The van der Waals surface area contributed by atoms with Gasteiger partial charge in [0.05, 0.1) is 19.5 Å². The third-order valence-corrected chi connectivity index (χ3v) is 3.11. The van der Waals surface area contributed by atoms with Crippen LogP contribution in [0.1, 0.15) is 13.3 Å². The van der Waals surface area contributed by atoms with E-state index in [9.17, 15) is 0 Å². The van der Waals surface area contributed by atoms with Gasteiger partial charge in [-0.15, -0.1) is 0 Å². The molecule has 0 aliphatic carbocycles. The summed E-state index contributed by atoms with van der Waals surface area (Å²) < 4.78 is 5.38. The van der Waals surface area contributed by atoms with Crippen LogP contribution in [0.3, 0.4) is 0 Å². The second-order valence-corrected chi connectivity index (χ2v) is 4.50. The molecule has 0 aromatic carbocycles. The lowest BCUT2D eigenvalue weighted by atomic mass is 10.3. The molecule has 1 aliphatic rings. The number of fused-ring (bicyclic) bond motifs is 1. The number of H-pyrrole nitrogens is 1. The summed E-state index contributed by atoms with van der Waals surface area (Å²) in [6.45, 7) is 6.13. The highest BCUT2D eigenvalue weighted by Gasteiger charge is 2.18. The smallest absolute Gasteiger partial charge is 0.226 e. The fraction of sp³-hybridized carbons (Fsp3) is 0.583. The van der Waals surface area contributed by atoms with Gasteiger partial charge < -0.3 is 19.9 Å². The molecule has 2 aromatic rings. The number of imidazole rings is 1. The maximum absolute atomic E-state index is 5.38. The summed E-state index contributed by atoms with van der Waals surface area (Å²) in [5.41, 5.74) is 1.60. The van der Waals surface area contributed by atoms with Crippen LogP contribution in [-0.2, 0) is 4.74 Å². The monoisotopic (exact) mass is 262 g/mol. The summed E-state index contributed by atoms with van der Waals surface area (Å²) >= 11 is 0. The van der Waals surface area contributed by atoms with Crippen molar-refractivity contribution in [2.24, 2.45) is 0 Å². The minimum absolute atomic E-state index is 0.642. The topological polar surface area (TPSA) is 79.0 Å². The molecule has 3 rings (SSSR count). The predicted molar refractivity (Wildman–Crippen MR) is 73.5 cm³/mol. The van der Waals surface area contributed by atoms with E-state index in [2.05, 4.69) is 37.1 Å². The van der Waals surface area contributed by atoms with Gasteiger partial charge in [-0.1, -0.05) is 6.92 Å². The Kier molecular flexibility index (Phi) is 3.45. The number of rotatable bonds is 4. The molecule has 0 atom stereocenters. The van der Waals surface area contributed by atoms with Crippen molar-refractivity contribution < 1.29 is 4.74 Å². The van der Waals surface area contributed by atoms with Gasteiger partial charge in [0.2, 0.25) is 5.95 Å². The molecule has 1 fully saturated rings. The fourth-order valence-electron chi connectivity index (χ4n) is 2.14. The Morgan fingerprint density at radius 1 is 1.37 bits per heavy atom. The lowest BCUT2D eigenvalue weighted by Crippen LogP contribution is -2.37. The van der Waals surface area contributed by atoms with Gasteiger partial charge in [-0.05, 0) is 6.42 Å². The second-order valence-electron chi connectivity index (χ2n) is 4.50. The first kappa shape index (κ1) is 12.2. The Balaban J connectivity index is 1.97. The molecule has 0 spiro atoms. The van der Waals surface area contributed by atoms with E-state index in [1.165, 1.54) is 0 Å². The highest BCUT2D eigenvalue weighted by molar-refractivity contribution is 5.84. The van der Waals surface area contributed by atoms with Crippen LogP contribution in [0.4, 0.5) is 11.8 Å². The Hall–Kier alpha value is -1.89. The third-order valence-electron chi connectivity index (χ3n) is 3.11. The van der Waals surface area contributed by atoms with Crippen molar-refractivity contribution >= 4 is 22.9 Å². The van der Waals surface area contributed by atoms with E-state index < -0.39 is 0 Å². The summed E-state index contributed by atoms with van der Waals surface area (Å²) in [5, 5.41) is 3.22. The quantitative estimate of drug-likeness (QED) is 0.856. The zero-order valence-electron chi connectivity index (χ0n) is 11.0. The molecule has 2 N–H and O–H groups in total. The Bertz CT molecular complexity index is 548. The van der Waals surface area contributed by atoms with Gasteiger partial charge >= 0.3 is 0 Å². The van der Waals surface area contributed by atoms with Gasteiger partial charge in [0, 0.05) is 19.6 Å². The number of nitrogens with zero attached hydrogens (tertiary/aromatic N) is 4. The third kappa shape index (κ3) is 2.46. The van der Waals surface area contributed by atoms with E-state index in [-0.39, 0.29) is 0 Å². The van der Waals surface area contributed by atoms with Crippen LogP contribution >= 0.6 is 0 Å². The van der Waals surface area contributed by atoms with Crippen LogP contribution in [0, 0.1) is 0 Å². The fourth-order valence-corrected chi connectivity index (χ4v) is 2.14. The minimum Gasteiger partial charge on any atom is -0.378 e. The molecule has 7 heteroatoms. The molecule has 0 radical (unpaired) electrons. The molecule has 0 unspecified atom stereocenters. The molecule has 1 saturated heterocycles. The Labute approximate surface area is 111 Å². The van der Waals surface area contributed by atoms with Crippen molar-refractivity contribution in [3.63, 3.8) is 0 Å².